The smallest absolute Gasteiger partial charge is 0.277 e. The zero-order chi connectivity index (χ0) is 18.1. The van der Waals surface area contributed by atoms with Crippen LogP contribution in [0.25, 0.3) is 6.08 Å². The number of likely N-dealkylation sites (N-methyl/N-ethyl adjacent to an activating group) is 1. The van der Waals surface area contributed by atoms with Gasteiger partial charge in [-0.2, -0.15) is 0 Å². The van der Waals surface area contributed by atoms with Crippen LogP contribution in [-0.4, -0.2) is 46.1 Å². The first kappa shape index (κ1) is 18.2. The molecule has 7 heteroatoms. The Labute approximate surface area is 161 Å². The Morgan fingerprint density at radius 1 is 1.32 bits per heavy atom. The van der Waals surface area contributed by atoms with Crippen molar-refractivity contribution < 1.29 is 14.6 Å². The van der Waals surface area contributed by atoms with Crippen molar-refractivity contribution in [2.45, 2.75) is 38.1 Å². The van der Waals surface area contributed by atoms with Gasteiger partial charge in [0.2, 0.25) is 0 Å². The van der Waals surface area contributed by atoms with Crippen LogP contribution < -0.4 is 4.74 Å². The molecule has 1 aliphatic carbocycles. The second-order valence-corrected chi connectivity index (χ2v) is 7.61. The molecule has 1 aliphatic heterocycles. The molecule has 1 saturated heterocycles. The summed E-state index contributed by atoms with van der Waals surface area (Å²) in [6.45, 7) is 0. The third-order valence-electron chi connectivity index (χ3n) is 4.81. The standard InChI is InChI=1S/C18H21BrN2O3S/c1-20-14(9-11-8-13(19)16(22)15(10-11)24-2)17(23)21(18(20)25)12-6-4-3-5-7-12/h8-10,12,22H,3-7H2,1-2H3/b14-9-. The number of hydrogen-bond donors (Lipinski definition) is 1. The van der Waals surface area contributed by atoms with Crippen LogP contribution in [0.1, 0.15) is 37.7 Å². The summed E-state index contributed by atoms with van der Waals surface area (Å²) in [4.78, 5) is 16.5. The molecule has 1 aromatic carbocycles. The van der Waals surface area contributed by atoms with Crippen molar-refractivity contribution >= 4 is 45.2 Å². The molecule has 1 aromatic rings. The van der Waals surface area contributed by atoms with Crippen molar-refractivity contribution in [1.29, 1.82) is 0 Å². The van der Waals surface area contributed by atoms with Crippen LogP contribution in [0, 0.1) is 0 Å². The van der Waals surface area contributed by atoms with E-state index in [1.165, 1.54) is 13.5 Å². The van der Waals surface area contributed by atoms with E-state index in [4.69, 9.17) is 17.0 Å². The van der Waals surface area contributed by atoms with E-state index in [1.807, 2.05) is 7.05 Å². The predicted molar refractivity (Wildman–Crippen MR) is 104 cm³/mol. The van der Waals surface area contributed by atoms with Gasteiger partial charge in [0.25, 0.3) is 5.91 Å². The SMILES string of the molecule is COc1cc(/C=C2/C(=O)N(C3CCCCC3)C(=S)N2C)cc(Br)c1O. The number of rotatable bonds is 3. The van der Waals surface area contributed by atoms with Crippen LogP contribution in [-0.2, 0) is 4.79 Å². The molecule has 3 rings (SSSR count). The highest BCUT2D eigenvalue weighted by Gasteiger charge is 2.40. The number of phenolic OH excluding ortho intramolecular Hbond substituents is 1. The minimum absolute atomic E-state index is 0.0371. The summed E-state index contributed by atoms with van der Waals surface area (Å²) in [5.41, 5.74) is 1.29. The van der Waals surface area contributed by atoms with Gasteiger partial charge in [0, 0.05) is 13.1 Å². The Bertz CT molecular complexity index is 744. The number of phenols is 1. The Morgan fingerprint density at radius 2 is 2.00 bits per heavy atom. The van der Waals surface area contributed by atoms with Gasteiger partial charge in [-0.25, -0.2) is 0 Å². The van der Waals surface area contributed by atoms with E-state index in [2.05, 4.69) is 15.9 Å². The molecular weight excluding hydrogens is 404 g/mol. The minimum Gasteiger partial charge on any atom is -0.503 e. The number of aromatic hydroxyl groups is 1. The number of benzene rings is 1. The lowest BCUT2D eigenvalue weighted by Crippen LogP contribution is -2.41. The van der Waals surface area contributed by atoms with Crippen LogP contribution in [0.5, 0.6) is 11.5 Å². The molecule has 0 bridgehead atoms. The highest BCUT2D eigenvalue weighted by atomic mass is 79.9. The van der Waals surface area contributed by atoms with Gasteiger partial charge in [0.15, 0.2) is 16.6 Å². The van der Waals surface area contributed by atoms with Crippen LogP contribution in [0.4, 0.5) is 0 Å². The van der Waals surface area contributed by atoms with Crippen molar-refractivity contribution in [2.24, 2.45) is 0 Å². The molecule has 0 atom stereocenters. The molecular formula is C18H21BrN2O3S. The van der Waals surface area contributed by atoms with Crippen molar-refractivity contribution in [1.82, 2.24) is 9.80 Å². The number of methoxy groups -OCH3 is 1. The third kappa shape index (κ3) is 3.40. The minimum atomic E-state index is -0.0532. The van der Waals surface area contributed by atoms with Gasteiger partial charge in [0.1, 0.15) is 5.70 Å². The fourth-order valence-corrected chi connectivity index (χ4v) is 4.22. The summed E-state index contributed by atoms with van der Waals surface area (Å²) < 4.78 is 5.69. The first-order chi connectivity index (χ1) is 11.9. The maximum atomic E-state index is 13.0. The molecule has 2 fully saturated rings. The zero-order valence-electron chi connectivity index (χ0n) is 14.3. The Hall–Kier alpha value is -1.60. The molecule has 25 heavy (non-hydrogen) atoms. The number of hydrogen-bond acceptors (Lipinski definition) is 4. The van der Waals surface area contributed by atoms with Gasteiger partial charge in [-0.3, -0.25) is 9.69 Å². The lowest BCUT2D eigenvalue weighted by atomic mass is 9.94. The molecule has 1 N–H and O–H groups in total. The fourth-order valence-electron chi connectivity index (χ4n) is 3.43. The summed E-state index contributed by atoms with van der Waals surface area (Å²) >= 11 is 8.84. The Kier molecular flexibility index (Phi) is 5.34. The molecule has 2 aliphatic rings. The monoisotopic (exact) mass is 424 g/mol. The third-order valence-corrected chi connectivity index (χ3v) is 5.88. The quantitative estimate of drug-likeness (QED) is 0.588. The molecule has 0 spiro atoms. The molecule has 134 valence electrons. The molecule has 0 unspecified atom stereocenters. The van der Waals surface area contributed by atoms with E-state index in [0.29, 0.717) is 21.0 Å². The maximum Gasteiger partial charge on any atom is 0.277 e. The normalized spacial score (nSPS) is 20.7. The first-order valence-electron chi connectivity index (χ1n) is 8.33. The molecule has 0 aromatic heterocycles. The van der Waals surface area contributed by atoms with E-state index in [9.17, 15) is 9.90 Å². The number of thiocarbonyl (C=S) groups is 1. The van der Waals surface area contributed by atoms with Crippen molar-refractivity contribution in [3.05, 3.63) is 27.9 Å². The van der Waals surface area contributed by atoms with Gasteiger partial charge in [-0.05, 0) is 64.8 Å². The maximum absolute atomic E-state index is 13.0. The average Bonchev–Trinajstić information content (AvgIpc) is 2.82. The number of carbonyl (C=O) groups is 1. The summed E-state index contributed by atoms with van der Waals surface area (Å²) in [5.74, 6) is 0.332. The van der Waals surface area contributed by atoms with Gasteiger partial charge >= 0.3 is 0 Å². The second kappa shape index (κ2) is 7.33. The molecule has 1 amide bonds. The number of nitrogens with zero attached hydrogens (tertiary/aromatic N) is 2. The summed E-state index contributed by atoms with van der Waals surface area (Å²) in [6, 6.07) is 3.64. The summed E-state index contributed by atoms with van der Waals surface area (Å²) in [6.07, 6.45) is 7.30. The number of carbonyl (C=O) groups excluding carboxylic acids is 1. The molecule has 0 radical (unpaired) electrons. The van der Waals surface area contributed by atoms with E-state index in [-0.39, 0.29) is 17.7 Å². The lowest BCUT2D eigenvalue weighted by Gasteiger charge is -2.30. The van der Waals surface area contributed by atoms with Gasteiger partial charge in [-0.1, -0.05) is 19.3 Å². The average molecular weight is 425 g/mol. The highest BCUT2D eigenvalue weighted by molar-refractivity contribution is 9.10. The molecule has 5 nitrogen and oxygen atoms in total. The van der Waals surface area contributed by atoms with Crippen molar-refractivity contribution in [3.63, 3.8) is 0 Å². The van der Waals surface area contributed by atoms with E-state index < -0.39 is 0 Å². The van der Waals surface area contributed by atoms with E-state index in [1.54, 1.807) is 28.0 Å². The number of halogens is 1. The first-order valence-corrected chi connectivity index (χ1v) is 9.53. The zero-order valence-corrected chi connectivity index (χ0v) is 16.7. The largest absolute Gasteiger partial charge is 0.503 e. The Morgan fingerprint density at radius 3 is 2.64 bits per heavy atom. The lowest BCUT2D eigenvalue weighted by molar-refractivity contribution is -0.124. The summed E-state index contributed by atoms with van der Waals surface area (Å²) in [7, 11) is 3.31. The van der Waals surface area contributed by atoms with Crippen molar-refractivity contribution in [3.8, 4) is 11.5 Å². The van der Waals surface area contributed by atoms with E-state index in [0.717, 1.165) is 31.2 Å². The topological polar surface area (TPSA) is 53.0 Å². The van der Waals surface area contributed by atoms with Gasteiger partial charge < -0.3 is 14.7 Å². The number of ether oxygens (including phenoxy) is 1. The van der Waals surface area contributed by atoms with Crippen LogP contribution in [0.3, 0.4) is 0 Å². The van der Waals surface area contributed by atoms with E-state index >= 15 is 0 Å². The van der Waals surface area contributed by atoms with Crippen LogP contribution >= 0.6 is 28.1 Å². The van der Waals surface area contributed by atoms with Crippen molar-refractivity contribution in [2.75, 3.05) is 14.2 Å². The second-order valence-electron chi connectivity index (χ2n) is 6.39. The highest BCUT2D eigenvalue weighted by Crippen LogP contribution is 2.37. The molecule has 1 heterocycles. The predicted octanol–water partition coefficient (Wildman–Crippen LogP) is 3.90. The summed E-state index contributed by atoms with van der Waals surface area (Å²) in [5, 5.41) is 10.5. The van der Waals surface area contributed by atoms with Crippen LogP contribution in [0.2, 0.25) is 0 Å². The van der Waals surface area contributed by atoms with Gasteiger partial charge in [0.05, 0.1) is 11.6 Å². The van der Waals surface area contributed by atoms with Gasteiger partial charge in [-0.15, -0.1) is 0 Å². The molecule has 1 saturated carbocycles. The Balaban J connectivity index is 1.94. The fraction of sp³-hybridized carbons (Fsp3) is 0.444. The van der Waals surface area contributed by atoms with Crippen LogP contribution in [0.15, 0.2) is 22.3 Å². The number of amides is 1.